The second kappa shape index (κ2) is 7.24. The van der Waals surface area contributed by atoms with E-state index >= 15 is 0 Å². The second-order valence-corrected chi connectivity index (χ2v) is 3.44. The lowest BCUT2D eigenvalue weighted by atomic mass is 10.1. The molecule has 0 unspecified atom stereocenters. The molecule has 2 N–H and O–H groups in total. The van der Waals surface area contributed by atoms with Crippen LogP contribution >= 0.6 is 0 Å². The molecule has 0 aliphatic heterocycles. The first-order valence-electron chi connectivity index (χ1n) is 5.54. The van der Waals surface area contributed by atoms with Gasteiger partial charge in [0.15, 0.2) is 0 Å². The fourth-order valence-corrected chi connectivity index (χ4v) is 1.29. The van der Waals surface area contributed by atoms with Crippen LogP contribution in [0.4, 0.5) is 5.88 Å². The van der Waals surface area contributed by atoms with Crippen LogP contribution in [0.2, 0.25) is 0 Å². The van der Waals surface area contributed by atoms with E-state index in [-0.39, 0.29) is 24.8 Å². The van der Waals surface area contributed by atoms with E-state index in [2.05, 4.69) is 17.1 Å². The number of rotatable bonds is 6. The van der Waals surface area contributed by atoms with Gasteiger partial charge in [0, 0.05) is 0 Å². The Bertz CT molecular complexity index is 472. The largest absolute Gasteiger partial charge is 0.396 e. The lowest BCUT2D eigenvalue weighted by molar-refractivity contribution is -0.116. The highest BCUT2D eigenvalue weighted by molar-refractivity contribution is 5.93. The molecule has 0 saturated heterocycles. The summed E-state index contributed by atoms with van der Waals surface area (Å²) in [5.74, 6) is -0.0750. The van der Waals surface area contributed by atoms with Crippen LogP contribution in [0.15, 0.2) is 41.6 Å². The van der Waals surface area contributed by atoms with Crippen molar-refractivity contribution in [3.63, 3.8) is 0 Å². The lowest BCUT2D eigenvalue weighted by Crippen LogP contribution is -2.13. The number of nitrogens with zero attached hydrogens (tertiary/aromatic N) is 1. The number of carbonyl (C=O) groups excluding carboxylic acids is 1. The van der Waals surface area contributed by atoms with Crippen LogP contribution in [0.3, 0.4) is 0 Å². The van der Waals surface area contributed by atoms with E-state index in [9.17, 15) is 4.79 Å². The maximum Gasteiger partial charge on any atom is 0.239 e. The van der Waals surface area contributed by atoms with Crippen molar-refractivity contribution < 1.29 is 14.4 Å². The molecule has 0 aromatic carbocycles. The fraction of sp³-hybridized carbons (Fsp3) is 0.231. The monoisotopic (exact) mass is 248 g/mol. The number of anilines is 1. The van der Waals surface area contributed by atoms with Crippen molar-refractivity contribution in [3.8, 4) is 0 Å². The summed E-state index contributed by atoms with van der Waals surface area (Å²) in [4.78, 5) is 11.4. The standard InChI is InChI=1S/C13H16N2O3/c1-3-5-6-10(4-2)11-9-14-18-13(11)15-12(17)7-8-16/h3-6,9,16H,2,7-8H2,1H3,(H,15,17)/b5-3-,10-6+. The Labute approximate surface area is 105 Å². The van der Waals surface area contributed by atoms with Crippen molar-refractivity contribution in [2.24, 2.45) is 0 Å². The smallest absolute Gasteiger partial charge is 0.239 e. The van der Waals surface area contributed by atoms with Gasteiger partial charge < -0.3 is 9.63 Å². The van der Waals surface area contributed by atoms with Gasteiger partial charge in [0.25, 0.3) is 0 Å². The maximum absolute atomic E-state index is 11.4. The predicted octanol–water partition coefficient (Wildman–Crippen LogP) is 2.14. The van der Waals surface area contributed by atoms with Crippen LogP contribution in [0.25, 0.3) is 5.57 Å². The Kier molecular flexibility index (Phi) is 5.60. The molecular weight excluding hydrogens is 232 g/mol. The van der Waals surface area contributed by atoms with Crippen molar-refractivity contribution in [2.75, 3.05) is 11.9 Å². The Morgan fingerprint density at radius 1 is 1.67 bits per heavy atom. The summed E-state index contributed by atoms with van der Waals surface area (Å²) >= 11 is 0. The van der Waals surface area contributed by atoms with Crippen molar-refractivity contribution in [3.05, 3.63) is 42.6 Å². The highest BCUT2D eigenvalue weighted by atomic mass is 16.5. The molecule has 1 aromatic heterocycles. The third-order valence-corrected chi connectivity index (χ3v) is 2.16. The van der Waals surface area contributed by atoms with Crippen molar-refractivity contribution in [2.45, 2.75) is 13.3 Å². The van der Waals surface area contributed by atoms with E-state index in [1.807, 2.05) is 25.2 Å². The van der Waals surface area contributed by atoms with Gasteiger partial charge in [-0.25, -0.2) is 0 Å². The number of nitrogens with one attached hydrogen (secondary N) is 1. The van der Waals surface area contributed by atoms with Crippen LogP contribution in [-0.4, -0.2) is 22.8 Å². The number of aliphatic hydroxyl groups is 1. The number of carbonyl (C=O) groups is 1. The molecule has 1 aromatic rings. The number of hydrogen-bond acceptors (Lipinski definition) is 4. The van der Waals surface area contributed by atoms with Crippen LogP contribution in [0, 0.1) is 0 Å². The minimum atomic E-state index is -0.329. The molecule has 0 bridgehead atoms. The average Bonchev–Trinajstić information content (AvgIpc) is 2.79. The van der Waals surface area contributed by atoms with E-state index in [1.165, 1.54) is 6.20 Å². The van der Waals surface area contributed by atoms with Gasteiger partial charge in [0.2, 0.25) is 11.8 Å². The predicted molar refractivity (Wildman–Crippen MR) is 69.8 cm³/mol. The Morgan fingerprint density at radius 2 is 2.44 bits per heavy atom. The van der Waals surface area contributed by atoms with Gasteiger partial charge in [-0.1, -0.05) is 36.0 Å². The van der Waals surface area contributed by atoms with Gasteiger partial charge in [-0.15, -0.1) is 0 Å². The zero-order valence-corrected chi connectivity index (χ0v) is 10.2. The minimum Gasteiger partial charge on any atom is -0.396 e. The molecular formula is C13H16N2O3. The van der Waals surface area contributed by atoms with E-state index in [1.54, 1.807) is 6.08 Å². The maximum atomic E-state index is 11.4. The third-order valence-electron chi connectivity index (χ3n) is 2.16. The highest BCUT2D eigenvalue weighted by Gasteiger charge is 2.13. The van der Waals surface area contributed by atoms with Gasteiger partial charge in [-0.3, -0.25) is 10.1 Å². The number of aliphatic hydroxyl groups excluding tert-OH is 1. The first-order chi connectivity index (χ1) is 8.72. The first-order valence-corrected chi connectivity index (χ1v) is 5.54. The summed E-state index contributed by atoms with van der Waals surface area (Å²) in [6, 6.07) is 0. The molecule has 0 radical (unpaired) electrons. The molecule has 18 heavy (non-hydrogen) atoms. The topological polar surface area (TPSA) is 75.4 Å². The molecule has 0 fully saturated rings. The summed E-state index contributed by atoms with van der Waals surface area (Å²) in [5.41, 5.74) is 1.43. The molecule has 0 saturated carbocycles. The van der Waals surface area contributed by atoms with Crippen LogP contribution in [0.5, 0.6) is 0 Å². The van der Waals surface area contributed by atoms with E-state index in [4.69, 9.17) is 9.63 Å². The molecule has 5 nitrogen and oxygen atoms in total. The Morgan fingerprint density at radius 3 is 3.06 bits per heavy atom. The molecule has 1 amide bonds. The van der Waals surface area contributed by atoms with Crippen molar-refractivity contribution in [1.82, 2.24) is 5.16 Å². The van der Waals surface area contributed by atoms with Crippen LogP contribution in [-0.2, 0) is 4.79 Å². The molecule has 0 aliphatic carbocycles. The average molecular weight is 248 g/mol. The molecule has 0 atom stereocenters. The molecule has 5 heteroatoms. The normalized spacial score (nSPS) is 11.8. The van der Waals surface area contributed by atoms with Gasteiger partial charge in [-0.05, 0) is 12.5 Å². The molecule has 1 heterocycles. The number of amides is 1. The van der Waals surface area contributed by atoms with Gasteiger partial charge >= 0.3 is 0 Å². The highest BCUT2D eigenvalue weighted by Crippen LogP contribution is 2.24. The minimum absolute atomic E-state index is 0.0160. The molecule has 96 valence electrons. The number of aromatic nitrogens is 1. The SMILES string of the molecule is C=C/C(=C\C=C/C)c1cnoc1NC(=O)CCO. The van der Waals surface area contributed by atoms with Crippen LogP contribution < -0.4 is 5.32 Å². The Balaban J connectivity index is 2.93. The summed E-state index contributed by atoms with van der Waals surface area (Å²) in [7, 11) is 0. The van der Waals surface area contributed by atoms with E-state index in [0.29, 0.717) is 5.56 Å². The fourth-order valence-electron chi connectivity index (χ4n) is 1.29. The Hall–Kier alpha value is -2.14. The lowest BCUT2D eigenvalue weighted by Gasteiger charge is -2.03. The summed E-state index contributed by atoms with van der Waals surface area (Å²) in [6.07, 6.45) is 8.73. The second-order valence-electron chi connectivity index (χ2n) is 3.44. The quantitative estimate of drug-likeness (QED) is 0.756. The summed E-state index contributed by atoms with van der Waals surface area (Å²) in [5, 5.41) is 14.9. The molecule has 0 aliphatic rings. The van der Waals surface area contributed by atoms with E-state index < -0.39 is 0 Å². The molecule has 0 spiro atoms. The van der Waals surface area contributed by atoms with Gasteiger partial charge in [0.05, 0.1) is 24.8 Å². The van der Waals surface area contributed by atoms with Crippen molar-refractivity contribution in [1.29, 1.82) is 0 Å². The van der Waals surface area contributed by atoms with Crippen molar-refractivity contribution >= 4 is 17.4 Å². The summed E-state index contributed by atoms with van der Waals surface area (Å²) in [6.45, 7) is 5.39. The molecule has 1 rings (SSSR count). The third kappa shape index (κ3) is 3.71. The summed E-state index contributed by atoms with van der Waals surface area (Å²) < 4.78 is 4.97. The number of allylic oxidation sites excluding steroid dienone is 5. The number of hydrogen-bond donors (Lipinski definition) is 2. The zero-order valence-electron chi connectivity index (χ0n) is 10.2. The van der Waals surface area contributed by atoms with Gasteiger partial charge in [-0.2, -0.15) is 0 Å². The van der Waals surface area contributed by atoms with Crippen LogP contribution in [0.1, 0.15) is 18.9 Å². The zero-order chi connectivity index (χ0) is 13.4. The van der Waals surface area contributed by atoms with Gasteiger partial charge in [0.1, 0.15) is 0 Å². The first kappa shape index (κ1) is 13.9. The van der Waals surface area contributed by atoms with E-state index in [0.717, 1.165) is 5.57 Å².